The molecule has 2 aromatic rings. The van der Waals surface area contributed by atoms with E-state index >= 15 is 0 Å². The van der Waals surface area contributed by atoms with Crippen LogP contribution in [0.25, 0.3) is 11.8 Å². The second-order valence-electron chi connectivity index (χ2n) is 10.7. The molecule has 2 aromatic carbocycles. The van der Waals surface area contributed by atoms with Crippen LogP contribution in [0.1, 0.15) is 54.0 Å². The van der Waals surface area contributed by atoms with Gasteiger partial charge in [0.05, 0.1) is 18.8 Å². The molecule has 1 saturated carbocycles. The molecule has 0 N–H and O–H groups in total. The smallest absolute Gasteiger partial charge is 0.231 e. The molecule has 6 nitrogen and oxygen atoms in total. The van der Waals surface area contributed by atoms with Gasteiger partial charge in [-0.05, 0) is 67.6 Å². The van der Waals surface area contributed by atoms with Crippen molar-refractivity contribution in [2.45, 2.75) is 38.1 Å². The summed E-state index contributed by atoms with van der Waals surface area (Å²) in [5.74, 6) is 3.46. The molecule has 0 spiro atoms. The molecule has 1 saturated heterocycles. The molecule has 35 heavy (non-hydrogen) atoms. The van der Waals surface area contributed by atoms with Crippen LogP contribution in [0.5, 0.6) is 17.2 Å². The number of methoxy groups -OCH3 is 1. The van der Waals surface area contributed by atoms with Gasteiger partial charge >= 0.3 is 0 Å². The van der Waals surface area contributed by atoms with Gasteiger partial charge in [-0.3, -0.25) is 0 Å². The van der Waals surface area contributed by atoms with Crippen molar-refractivity contribution in [3.8, 4) is 17.2 Å². The topological polar surface area (TPSA) is 37.4 Å². The molecule has 0 unspecified atom stereocenters. The fourth-order valence-corrected chi connectivity index (χ4v) is 7.02. The lowest BCUT2D eigenvalue weighted by Gasteiger charge is -2.47. The monoisotopic (exact) mass is 473 g/mol. The molecule has 184 valence electrons. The van der Waals surface area contributed by atoms with Crippen LogP contribution in [0.15, 0.2) is 24.3 Å². The fourth-order valence-electron chi connectivity index (χ4n) is 7.02. The molecule has 6 heteroatoms. The van der Waals surface area contributed by atoms with Gasteiger partial charge in [-0.25, -0.2) is 0 Å². The second-order valence-corrected chi connectivity index (χ2v) is 10.7. The van der Waals surface area contributed by atoms with Gasteiger partial charge in [0.15, 0.2) is 11.5 Å². The standard InChI is InChI=1S/C29H35N3O3/c1-30-11-13-31(14-12-30)29-24(33-2)8-7-21-15-23-22-17-26-25(34-18-35-26)16-20(22)9-10-32(23)28(27(21)29)19-5-3-4-6-19/h7-8,15-17,19,28H,3-6,9-14,18H2,1-2H3/t28-/m0/s1. The summed E-state index contributed by atoms with van der Waals surface area (Å²) < 4.78 is 17.5. The van der Waals surface area contributed by atoms with Gasteiger partial charge in [0.25, 0.3) is 0 Å². The highest BCUT2D eigenvalue weighted by Gasteiger charge is 2.41. The first-order chi connectivity index (χ1) is 17.2. The molecule has 4 aliphatic heterocycles. The van der Waals surface area contributed by atoms with Gasteiger partial charge in [-0.2, -0.15) is 0 Å². The number of piperazine rings is 1. The Morgan fingerprint density at radius 1 is 0.943 bits per heavy atom. The van der Waals surface area contributed by atoms with Crippen LogP contribution >= 0.6 is 0 Å². The Kier molecular flexibility index (Phi) is 5.12. The predicted octanol–water partition coefficient (Wildman–Crippen LogP) is 4.78. The van der Waals surface area contributed by atoms with E-state index in [1.54, 1.807) is 0 Å². The average molecular weight is 474 g/mol. The first-order valence-corrected chi connectivity index (χ1v) is 13.3. The van der Waals surface area contributed by atoms with Crippen molar-refractivity contribution in [2.75, 3.05) is 58.6 Å². The third kappa shape index (κ3) is 3.40. The van der Waals surface area contributed by atoms with E-state index < -0.39 is 0 Å². The van der Waals surface area contributed by atoms with Crippen LogP contribution in [0.4, 0.5) is 5.69 Å². The van der Waals surface area contributed by atoms with Crippen LogP contribution in [0.3, 0.4) is 0 Å². The van der Waals surface area contributed by atoms with Crippen LogP contribution in [0, 0.1) is 5.92 Å². The number of hydrogen-bond donors (Lipinski definition) is 0. The van der Waals surface area contributed by atoms with Crippen molar-refractivity contribution in [2.24, 2.45) is 5.92 Å². The normalized spacial score (nSPS) is 23.6. The van der Waals surface area contributed by atoms with Crippen molar-refractivity contribution in [1.29, 1.82) is 0 Å². The van der Waals surface area contributed by atoms with Crippen molar-refractivity contribution in [3.63, 3.8) is 0 Å². The minimum Gasteiger partial charge on any atom is -0.495 e. The minimum absolute atomic E-state index is 0.322. The molecule has 0 aromatic heterocycles. The van der Waals surface area contributed by atoms with Crippen LogP contribution in [-0.4, -0.2) is 63.5 Å². The van der Waals surface area contributed by atoms with E-state index in [1.807, 2.05) is 7.11 Å². The maximum atomic E-state index is 6.02. The Labute approximate surface area is 208 Å². The molecular formula is C29H35N3O3. The Morgan fingerprint density at radius 2 is 1.71 bits per heavy atom. The molecule has 1 atom stereocenters. The molecule has 0 amide bonds. The Hall–Kier alpha value is -2.86. The Bertz CT molecular complexity index is 1180. The van der Waals surface area contributed by atoms with E-state index in [9.17, 15) is 0 Å². The molecule has 5 aliphatic rings. The van der Waals surface area contributed by atoms with Crippen molar-refractivity contribution >= 4 is 17.5 Å². The van der Waals surface area contributed by atoms with Crippen molar-refractivity contribution in [3.05, 3.63) is 46.5 Å². The average Bonchev–Trinajstić information content (AvgIpc) is 3.58. The van der Waals surface area contributed by atoms with Gasteiger partial charge in [0, 0.05) is 49.5 Å². The van der Waals surface area contributed by atoms with Crippen LogP contribution < -0.4 is 19.1 Å². The van der Waals surface area contributed by atoms with Crippen molar-refractivity contribution < 1.29 is 14.2 Å². The predicted molar refractivity (Wildman–Crippen MR) is 138 cm³/mol. The lowest BCUT2D eigenvalue weighted by Crippen LogP contribution is -2.46. The number of benzene rings is 2. The summed E-state index contributed by atoms with van der Waals surface area (Å²) in [6.45, 7) is 5.63. The minimum atomic E-state index is 0.322. The molecule has 0 bridgehead atoms. The zero-order valence-corrected chi connectivity index (χ0v) is 20.9. The highest BCUT2D eigenvalue weighted by molar-refractivity contribution is 5.89. The lowest BCUT2D eigenvalue weighted by atomic mass is 9.79. The molecular weight excluding hydrogens is 438 g/mol. The van der Waals surface area contributed by atoms with E-state index in [0.717, 1.165) is 56.4 Å². The van der Waals surface area contributed by atoms with E-state index in [0.29, 0.717) is 18.8 Å². The summed E-state index contributed by atoms with van der Waals surface area (Å²) in [5.41, 5.74) is 8.22. The van der Waals surface area contributed by atoms with Gasteiger partial charge < -0.3 is 28.9 Å². The molecule has 2 fully saturated rings. The Morgan fingerprint density at radius 3 is 2.49 bits per heavy atom. The number of likely N-dealkylation sites (N-methyl/N-ethyl adjacent to an activating group) is 1. The molecule has 1 aliphatic carbocycles. The molecule has 7 rings (SSSR count). The highest BCUT2D eigenvalue weighted by Crippen LogP contribution is 2.54. The molecule has 0 radical (unpaired) electrons. The zero-order valence-electron chi connectivity index (χ0n) is 20.9. The summed E-state index contributed by atoms with van der Waals surface area (Å²) in [5, 5.41) is 0. The molecule has 4 heterocycles. The van der Waals surface area contributed by atoms with Gasteiger partial charge in [0.2, 0.25) is 6.79 Å². The van der Waals surface area contributed by atoms with E-state index in [4.69, 9.17) is 14.2 Å². The van der Waals surface area contributed by atoms with Crippen molar-refractivity contribution in [1.82, 2.24) is 9.80 Å². The summed E-state index contributed by atoms with van der Waals surface area (Å²) >= 11 is 0. The summed E-state index contributed by atoms with van der Waals surface area (Å²) in [6, 6.07) is 9.29. The fraction of sp³-hybridized carbons (Fsp3) is 0.517. The number of fused-ring (bicyclic) bond motifs is 5. The maximum Gasteiger partial charge on any atom is 0.231 e. The Balaban J connectivity index is 1.41. The third-order valence-electron chi connectivity index (χ3n) is 8.83. The number of ether oxygens (including phenoxy) is 3. The van der Waals surface area contributed by atoms with E-state index in [2.05, 4.69) is 52.1 Å². The van der Waals surface area contributed by atoms with Crippen LogP contribution in [0.2, 0.25) is 0 Å². The quantitative estimate of drug-likeness (QED) is 0.639. The summed E-state index contributed by atoms with van der Waals surface area (Å²) in [4.78, 5) is 7.74. The zero-order chi connectivity index (χ0) is 23.5. The number of hydrogen-bond acceptors (Lipinski definition) is 6. The van der Waals surface area contributed by atoms with Crippen LogP contribution in [-0.2, 0) is 6.42 Å². The first-order valence-electron chi connectivity index (χ1n) is 13.3. The highest BCUT2D eigenvalue weighted by atomic mass is 16.7. The van der Waals surface area contributed by atoms with Gasteiger partial charge in [-0.15, -0.1) is 0 Å². The lowest BCUT2D eigenvalue weighted by molar-refractivity contribution is 0.174. The van der Waals surface area contributed by atoms with Gasteiger partial charge in [0.1, 0.15) is 5.75 Å². The second kappa shape index (κ2) is 8.37. The largest absolute Gasteiger partial charge is 0.495 e. The van der Waals surface area contributed by atoms with Gasteiger partial charge in [-0.1, -0.05) is 18.9 Å². The number of anilines is 1. The van der Waals surface area contributed by atoms with E-state index in [1.165, 1.54) is 59.3 Å². The summed E-state index contributed by atoms with van der Waals surface area (Å²) in [6.07, 6.45) is 8.76. The summed E-state index contributed by atoms with van der Waals surface area (Å²) in [7, 11) is 4.05. The van der Waals surface area contributed by atoms with E-state index in [-0.39, 0.29) is 0 Å². The first kappa shape index (κ1) is 21.4. The SMILES string of the molecule is COc1ccc2c(c1N1CCN(C)CC1)[C@H](C1CCCC1)N1CCc3cc4c(cc3C1=C2)OCO4. The maximum absolute atomic E-state index is 6.02. The number of rotatable bonds is 3. The third-order valence-corrected chi connectivity index (χ3v) is 8.83. The number of nitrogens with zero attached hydrogens (tertiary/aromatic N) is 3.